The Kier molecular flexibility index (Phi) is 37.4. The maximum absolute atomic E-state index is 11.8. The summed E-state index contributed by atoms with van der Waals surface area (Å²) in [5.74, 6) is 2.16. The number of hydrogen-bond acceptors (Lipinski definition) is 10. The van der Waals surface area contributed by atoms with E-state index in [-0.39, 0.29) is 57.2 Å². The largest absolute Gasteiger partial charge is 1.00 e. The molecule has 2 aliphatic rings. The Labute approximate surface area is 493 Å². The maximum atomic E-state index is 11.8. The zero-order chi connectivity index (χ0) is 55.0. The van der Waals surface area contributed by atoms with Gasteiger partial charge in [0.1, 0.15) is 12.1 Å². The number of rotatable bonds is 15. The number of nitrogen functional groups attached to an aromatic ring is 1. The number of allylic oxidation sites excluding steroid dienone is 1. The number of nitrogens with one attached hydrogen (secondary N) is 1. The van der Waals surface area contributed by atoms with E-state index in [0.29, 0.717) is 11.7 Å². The summed E-state index contributed by atoms with van der Waals surface area (Å²) < 4.78 is 0. The first-order valence-electron chi connectivity index (χ1n) is 26.6. The first-order chi connectivity index (χ1) is 34.8. The Morgan fingerprint density at radius 3 is 2.08 bits per heavy atom. The van der Waals surface area contributed by atoms with E-state index in [2.05, 4.69) is 130 Å². The zero-order valence-electron chi connectivity index (χ0n) is 48.9. The van der Waals surface area contributed by atoms with E-state index in [1.807, 2.05) is 83.7 Å². The van der Waals surface area contributed by atoms with Gasteiger partial charge in [0.25, 0.3) is 0 Å². The molecule has 6 rings (SSSR count). The molecule has 0 amide bonds. The van der Waals surface area contributed by atoms with Crippen LogP contribution in [0.5, 0.6) is 0 Å². The molecule has 4 heterocycles. The smallest absolute Gasteiger partial charge is 0.387 e. The predicted molar refractivity (Wildman–Crippen MR) is 315 cm³/mol. The molecule has 2 aromatic carbocycles. The molecule has 2 aromatic heterocycles. The third-order valence-corrected chi connectivity index (χ3v) is 12.5. The van der Waals surface area contributed by atoms with Crippen LogP contribution in [0.1, 0.15) is 150 Å². The molecule has 10 nitrogen and oxygen atoms in total. The number of aryl methyl sites for hydroxylation is 4. The number of aldehydes is 1. The second-order valence-corrected chi connectivity index (χ2v) is 19.2. The van der Waals surface area contributed by atoms with Crippen LogP contribution in [-0.4, -0.2) is 91.8 Å². The molecule has 0 radical (unpaired) electrons. The standard InChI is InChI=1S/C30H34N4O.C12H25N.C10H14N.C7H13NO.C2H4O.C2H6.K/c1-19(14-28-22(4)32-11-8-27(28)25-6-7-29(31)33-17-25)18-34-12-9-24(10-13-34)30-20(2)15-26(23(5)35)16-21(30)3;1-5-9-12(10-6-2)11-13(7-3)8-4;1-8-5-6-9(2)10(7-8)11(3)4;1-6-3-4-7(2)8-9-5-6;1-2-3;1-2;/h6-9,11,14-17H,10,12-13,18H2,1-5H3,(H2,31,33);12H,3-11H2,1-2H3;5-7H,1H2,2-4H3;6,8H,2-5H2,1H3;2H,1H3;1-2H3;/q;-2;-1;;;;+1/b19-14+;;;;;;. The van der Waals surface area contributed by atoms with Gasteiger partial charge in [-0.05, 0) is 163 Å². The second kappa shape index (κ2) is 39.5. The number of ketones is 1. The average molecular weight is 1040 g/mol. The molecule has 0 spiro atoms. The van der Waals surface area contributed by atoms with Crippen LogP contribution in [0.15, 0.2) is 84.8 Å². The van der Waals surface area contributed by atoms with Crippen molar-refractivity contribution in [3.8, 4) is 11.1 Å². The van der Waals surface area contributed by atoms with E-state index in [0.717, 1.165) is 104 Å². The van der Waals surface area contributed by atoms with Gasteiger partial charge in [0.05, 0.1) is 6.61 Å². The van der Waals surface area contributed by atoms with Crippen molar-refractivity contribution < 1.29 is 65.8 Å². The van der Waals surface area contributed by atoms with Crippen LogP contribution in [0.4, 0.5) is 11.5 Å². The van der Waals surface area contributed by atoms with Gasteiger partial charge in [-0.25, -0.2) is 4.98 Å². The number of hydroxylamine groups is 1. The molecule has 4 aromatic rings. The summed E-state index contributed by atoms with van der Waals surface area (Å²) in [5.41, 5.74) is 24.6. The molecule has 11 heteroatoms. The summed E-state index contributed by atoms with van der Waals surface area (Å²) in [4.78, 5) is 41.4. The number of nitrogens with zero attached hydrogens (tertiary/aromatic N) is 5. The summed E-state index contributed by atoms with van der Waals surface area (Å²) in [6.07, 6.45) is 17.5. The monoisotopic (exact) mass is 1040 g/mol. The predicted octanol–water partition coefficient (Wildman–Crippen LogP) is 11.1. The van der Waals surface area contributed by atoms with Crippen LogP contribution in [0.25, 0.3) is 22.8 Å². The van der Waals surface area contributed by atoms with Gasteiger partial charge in [0, 0.05) is 74.2 Å². The van der Waals surface area contributed by atoms with Crippen molar-refractivity contribution >= 4 is 35.2 Å². The SMILES string of the molecule is C=C1CCC(C)CON1.CC.CC(=O)c1cc(C)c(C2=CCN(C/C(C)=C/c3c(-c4ccc(N)nc4)ccnc3C)CC2)c(C)c1.CC=O.[CH2-]CN(C[CH2-])CC(CCC)CCC.[CH2-]c1ccc(C)c(N(C)C)c1.[K+]. The third kappa shape index (κ3) is 26.2. The van der Waals surface area contributed by atoms with Crippen LogP contribution in [-0.2, 0) is 9.63 Å². The van der Waals surface area contributed by atoms with Gasteiger partial charge in [-0.15, -0.1) is 25.2 Å². The van der Waals surface area contributed by atoms with Gasteiger partial charge < -0.3 is 34.2 Å². The number of anilines is 2. The van der Waals surface area contributed by atoms with Crippen molar-refractivity contribution in [2.75, 3.05) is 70.6 Å². The van der Waals surface area contributed by atoms with Crippen LogP contribution >= 0.6 is 0 Å². The van der Waals surface area contributed by atoms with E-state index in [9.17, 15) is 4.79 Å². The summed E-state index contributed by atoms with van der Waals surface area (Å²) in [5, 5.41) is 0. The summed E-state index contributed by atoms with van der Waals surface area (Å²) >= 11 is 0. The molecule has 3 N–H and O–H groups in total. The molecule has 74 heavy (non-hydrogen) atoms. The fraction of sp³-hybridized carbons (Fsp3) is 0.476. The van der Waals surface area contributed by atoms with Gasteiger partial charge in [0.15, 0.2) is 5.78 Å². The summed E-state index contributed by atoms with van der Waals surface area (Å²) in [6, 6.07) is 16.1. The fourth-order valence-corrected chi connectivity index (χ4v) is 8.76. The summed E-state index contributed by atoms with van der Waals surface area (Å²) in [6.45, 7) is 46.4. The van der Waals surface area contributed by atoms with Gasteiger partial charge in [-0.3, -0.25) is 25.0 Å². The van der Waals surface area contributed by atoms with Crippen molar-refractivity contribution in [2.45, 2.75) is 128 Å². The van der Waals surface area contributed by atoms with E-state index in [4.69, 9.17) is 15.4 Å². The van der Waals surface area contributed by atoms with Crippen molar-refractivity contribution in [3.63, 3.8) is 0 Å². The minimum atomic E-state index is 0. The van der Waals surface area contributed by atoms with Gasteiger partial charge in [0.2, 0.25) is 0 Å². The topological polar surface area (TPSA) is 117 Å². The molecular weight excluding hydrogens is 942 g/mol. The van der Waals surface area contributed by atoms with Crippen molar-refractivity contribution in [2.24, 2.45) is 11.8 Å². The number of Topliss-reactive ketones (excluding diaryl/α,β-unsaturated/α-hetero) is 1. The van der Waals surface area contributed by atoms with Gasteiger partial charge in [-0.1, -0.05) is 77.3 Å². The minimum absolute atomic E-state index is 0. The first kappa shape index (κ1) is 70.1. The number of carbonyl (C=O) groups is 2. The van der Waals surface area contributed by atoms with Crippen molar-refractivity contribution in [1.29, 1.82) is 0 Å². The van der Waals surface area contributed by atoms with Crippen LogP contribution < -0.4 is 67.5 Å². The van der Waals surface area contributed by atoms with E-state index in [1.165, 1.54) is 84.7 Å². The van der Waals surface area contributed by atoms with Crippen molar-refractivity contribution in [3.05, 3.63) is 150 Å². The van der Waals surface area contributed by atoms with Crippen LogP contribution in [0.3, 0.4) is 0 Å². The average Bonchev–Trinajstić information content (AvgIpc) is 3.55. The first-order valence-corrected chi connectivity index (χ1v) is 26.6. The molecule has 1 fully saturated rings. The second-order valence-electron chi connectivity index (χ2n) is 19.2. The Balaban J connectivity index is 0.00000111. The number of hydrogen-bond donors (Lipinski definition) is 2. The van der Waals surface area contributed by atoms with E-state index < -0.39 is 0 Å². The normalized spacial score (nSPS) is 14.2. The number of nitrogens with two attached hydrogens (primary N) is 1. The Bertz CT molecular complexity index is 2270. The molecule has 0 saturated carbocycles. The maximum Gasteiger partial charge on any atom is 1.00 e. The van der Waals surface area contributed by atoms with Crippen LogP contribution in [0, 0.1) is 60.3 Å². The van der Waals surface area contributed by atoms with E-state index in [1.54, 1.807) is 6.92 Å². The quantitative estimate of drug-likeness (QED) is 0.0516. The molecular formula is C63H96KN7O3-2. The molecule has 0 bridgehead atoms. The molecule has 1 saturated heterocycles. The molecule has 2 aliphatic heterocycles. The molecule has 0 aliphatic carbocycles. The molecule has 1 atom stereocenters. The zero-order valence-corrected chi connectivity index (χ0v) is 52.0. The number of carbonyl (C=O) groups excluding carboxylic acids is 2. The Morgan fingerprint density at radius 1 is 0.959 bits per heavy atom. The number of benzene rings is 2. The van der Waals surface area contributed by atoms with Gasteiger partial charge >= 0.3 is 51.4 Å². The van der Waals surface area contributed by atoms with E-state index >= 15 is 0 Å². The summed E-state index contributed by atoms with van der Waals surface area (Å²) in [7, 11) is 4.09. The third-order valence-electron chi connectivity index (χ3n) is 12.5. The number of aromatic nitrogens is 2. The molecule has 404 valence electrons. The fourth-order valence-electron chi connectivity index (χ4n) is 8.76. The number of pyridine rings is 2. The van der Waals surface area contributed by atoms with Gasteiger partial charge in [-0.2, -0.15) is 18.6 Å². The van der Waals surface area contributed by atoms with Crippen molar-refractivity contribution in [1.82, 2.24) is 25.2 Å². The Morgan fingerprint density at radius 2 is 1.58 bits per heavy atom. The van der Waals surface area contributed by atoms with Crippen LogP contribution in [0.2, 0.25) is 0 Å². The Hall–Kier alpha value is -3.91. The minimum Gasteiger partial charge on any atom is -0.387 e. The molecule has 1 unspecified atom stereocenters.